The van der Waals surface area contributed by atoms with Crippen molar-refractivity contribution in [3.8, 4) is 0 Å². The van der Waals surface area contributed by atoms with Crippen LogP contribution in [0.4, 0.5) is 0 Å². The number of carbonyl (C=O) groups is 1. The summed E-state index contributed by atoms with van der Waals surface area (Å²) in [6.07, 6.45) is 40.2. The second-order valence-corrected chi connectivity index (χ2v) is 11.5. The molecule has 0 saturated carbocycles. The highest BCUT2D eigenvalue weighted by molar-refractivity contribution is 7.85. The largest absolute Gasteiger partial charge is 0.387 e. The molecule has 0 spiro atoms. The molecule has 0 heterocycles. The van der Waals surface area contributed by atoms with E-state index in [0.29, 0.717) is 12.8 Å². The molecule has 0 aliphatic rings. The zero-order valence-electron chi connectivity index (χ0n) is 25.4. The van der Waals surface area contributed by atoms with Crippen LogP contribution in [0.25, 0.3) is 0 Å². The Bertz CT molecular complexity index is 958. The first-order chi connectivity index (χ1) is 19.8. The van der Waals surface area contributed by atoms with Gasteiger partial charge in [-0.05, 0) is 77.6 Å². The summed E-state index contributed by atoms with van der Waals surface area (Å²) in [4.78, 5) is 12.4. The van der Waals surface area contributed by atoms with E-state index in [2.05, 4.69) is 79.1 Å². The number of aliphatic hydroxyl groups is 1. The molecule has 1 amide bonds. The van der Waals surface area contributed by atoms with Gasteiger partial charge in [-0.15, -0.1) is 0 Å². The third-order valence-corrected chi connectivity index (χ3v) is 6.91. The number of unbranched alkanes of at least 4 members (excludes halogenated alkanes) is 6. The molecule has 0 aliphatic heterocycles. The third kappa shape index (κ3) is 28.8. The highest BCUT2D eigenvalue weighted by Crippen LogP contribution is 2.08. The van der Waals surface area contributed by atoms with Crippen molar-refractivity contribution in [3.63, 3.8) is 0 Å². The lowest BCUT2D eigenvalue weighted by atomic mass is 10.1. The van der Waals surface area contributed by atoms with Crippen LogP contribution in [0.5, 0.6) is 0 Å². The van der Waals surface area contributed by atoms with E-state index in [4.69, 9.17) is 0 Å². The molecule has 0 radical (unpaired) electrons. The first kappa shape index (κ1) is 38.5. The Labute approximate surface area is 250 Å². The van der Waals surface area contributed by atoms with Crippen LogP contribution in [-0.4, -0.2) is 41.9 Å². The zero-order valence-corrected chi connectivity index (χ0v) is 26.2. The van der Waals surface area contributed by atoms with Crippen molar-refractivity contribution >= 4 is 16.0 Å². The topological polar surface area (TPSA) is 104 Å². The van der Waals surface area contributed by atoms with Gasteiger partial charge in [0, 0.05) is 6.42 Å². The second kappa shape index (κ2) is 27.7. The van der Waals surface area contributed by atoms with E-state index in [0.717, 1.165) is 70.6 Å². The Kier molecular flexibility index (Phi) is 26.0. The molecule has 6 nitrogen and oxygen atoms in total. The Morgan fingerprint density at radius 3 is 1.80 bits per heavy atom. The maximum atomic E-state index is 12.4. The molecule has 232 valence electrons. The van der Waals surface area contributed by atoms with Crippen molar-refractivity contribution < 1.29 is 22.9 Å². The minimum absolute atomic E-state index is 0.250. The van der Waals surface area contributed by atoms with Crippen LogP contribution in [0, 0.1) is 0 Å². The molecule has 3 N–H and O–H groups in total. The van der Waals surface area contributed by atoms with Crippen LogP contribution < -0.4 is 5.32 Å². The number of hydrogen-bond donors (Lipinski definition) is 3. The minimum atomic E-state index is -4.36. The van der Waals surface area contributed by atoms with Crippen molar-refractivity contribution in [2.24, 2.45) is 0 Å². The average molecular weight is 590 g/mol. The van der Waals surface area contributed by atoms with Crippen molar-refractivity contribution in [3.05, 3.63) is 85.1 Å². The predicted octanol–water partition coefficient (Wildman–Crippen LogP) is 8.11. The van der Waals surface area contributed by atoms with Crippen molar-refractivity contribution in [2.75, 3.05) is 5.75 Å². The van der Waals surface area contributed by atoms with Gasteiger partial charge in [0.25, 0.3) is 10.1 Å². The lowest BCUT2D eigenvalue weighted by molar-refractivity contribution is -0.122. The summed E-state index contributed by atoms with van der Waals surface area (Å²) in [6, 6.07) is -1.09. The van der Waals surface area contributed by atoms with E-state index in [1.165, 1.54) is 6.08 Å². The maximum Gasteiger partial charge on any atom is 0.267 e. The van der Waals surface area contributed by atoms with Crippen LogP contribution in [0.1, 0.15) is 104 Å². The molecule has 41 heavy (non-hydrogen) atoms. The lowest BCUT2D eigenvalue weighted by Crippen LogP contribution is -2.46. The fraction of sp³-hybridized carbons (Fsp3) is 0.559. The highest BCUT2D eigenvalue weighted by Gasteiger charge is 2.24. The number of aliphatic hydroxyl groups excluding tert-OH is 1. The van der Waals surface area contributed by atoms with Crippen LogP contribution in [0.15, 0.2) is 85.1 Å². The smallest absolute Gasteiger partial charge is 0.267 e. The quantitative estimate of drug-likeness (QED) is 0.0567. The fourth-order valence-electron chi connectivity index (χ4n) is 3.89. The number of nitrogens with one attached hydrogen (secondary N) is 1. The van der Waals surface area contributed by atoms with Gasteiger partial charge < -0.3 is 10.4 Å². The lowest BCUT2D eigenvalue weighted by Gasteiger charge is -2.21. The molecule has 0 fully saturated rings. The zero-order chi connectivity index (χ0) is 30.4. The van der Waals surface area contributed by atoms with Crippen LogP contribution >= 0.6 is 0 Å². The van der Waals surface area contributed by atoms with Gasteiger partial charge >= 0.3 is 0 Å². The molecule has 0 bridgehead atoms. The van der Waals surface area contributed by atoms with E-state index in [-0.39, 0.29) is 12.3 Å². The van der Waals surface area contributed by atoms with Gasteiger partial charge in [-0.25, -0.2) is 0 Å². The summed E-state index contributed by atoms with van der Waals surface area (Å²) in [7, 11) is -4.36. The fourth-order valence-corrected chi connectivity index (χ4v) is 4.62. The number of allylic oxidation sites excluding steroid dienone is 13. The standard InChI is InChI=1S/C34H55NO5S/c1-3-5-7-9-11-13-14-15-16-17-18-19-20-22-24-26-28-30-34(37)35-32(31-41(38,39)40)33(36)29-27-25-23-21-12-10-8-6-4-2/h4-7,11-13,15-16,18-19,21,27,29,32-33,36H,3,8-10,14,17,20,22-26,28,30-31H2,1-2H3,(H,35,37)(H,38,39,40)/b6-4+,7-5-,13-11-,16-15-,19-18-,21-12+,29-27+. The Morgan fingerprint density at radius 2 is 1.22 bits per heavy atom. The first-order valence-corrected chi connectivity index (χ1v) is 16.9. The van der Waals surface area contributed by atoms with Crippen molar-refractivity contribution in [1.82, 2.24) is 5.32 Å². The number of carbonyl (C=O) groups excluding carboxylic acids is 1. The number of amides is 1. The van der Waals surface area contributed by atoms with Crippen LogP contribution in [0.3, 0.4) is 0 Å². The van der Waals surface area contributed by atoms with Crippen molar-refractivity contribution in [1.29, 1.82) is 0 Å². The van der Waals surface area contributed by atoms with Crippen molar-refractivity contribution in [2.45, 2.75) is 116 Å². The minimum Gasteiger partial charge on any atom is -0.387 e. The Hall–Kier alpha value is -2.48. The predicted molar refractivity (Wildman–Crippen MR) is 174 cm³/mol. The van der Waals surface area contributed by atoms with E-state index < -0.39 is 28.0 Å². The third-order valence-electron chi connectivity index (χ3n) is 6.13. The van der Waals surface area contributed by atoms with Gasteiger partial charge in [0.1, 0.15) is 0 Å². The summed E-state index contributed by atoms with van der Waals surface area (Å²) in [5, 5.41) is 13.0. The molecular weight excluding hydrogens is 534 g/mol. The Balaban J connectivity index is 4.17. The van der Waals surface area contributed by atoms with E-state index in [1.807, 2.05) is 13.0 Å². The molecule has 2 atom stereocenters. The molecule has 0 aromatic heterocycles. The number of hydrogen-bond acceptors (Lipinski definition) is 4. The molecule has 2 unspecified atom stereocenters. The van der Waals surface area contributed by atoms with Crippen LogP contribution in [0.2, 0.25) is 0 Å². The number of rotatable bonds is 25. The molecular formula is C34H55NO5S. The SMILES string of the molecule is C/C=C/CC/C=C/CC/C=C/C(O)C(CS(=O)(=O)O)NC(=O)CCCCCC/C=C\C/C=C\C/C=C\C/C=C\CC. The Morgan fingerprint density at radius 1 is 0.707 bits per heavy atom. The van der Waals surface area contributed by atoms with E-state index >= 15 is 0 Å². The molecule has 0 aromatic rings. The van der Waals surface area contributed by atoms with E-state index in [1.54, 1.807) is 6.08 Å². The van der Waals surface area contributed by atoms with E-state index in [9.17, 15) is 22.9 Å². The maximum absolute atomic E-state index is 12.4. The molecule has 7 heteroatoms. The summed E-state index contributed by atoms with van der Waals surface area (Å²) < 4.78 is 32.1. The van der Waals surface area contributed by atoms with Crippen LogP contribution in [-0.2, 0) is 14.9 Å². The molecule has 0 aromatic carbocycles. The normalized spacial score (nSPS) is 14.7. The van der Waals surface area contributed by atoms with Gasteiger partial charge in [0.2, 0.25) is 5.91 Å². The summed E-state index contributed by atoms with van der Waals surface area (Å²) in [5.74, 6) is -1.06. The molecule has 0 rings (SSSR count). The van der Waals surface area contributed by atoms with Gasteiger partial charge in [-0.3, -0.25) is 9.35 Å². The summed E-state index contributed by atoms with van der Waals surface area (Å²) in [6.45, 7) is 4.13. The second-order valence-electron chi connectivity index (χ2n) is 9.99. The average Bonchev–Trinajstić information content (AvgIpc) is 2.92. The molecule has 0 saturated heterocycles. The highest BCUT2D eigenvalue weighted by atomic mass is 32.2. The monoisotopic (exact) mass is 589 g/mol. The van der Waals surface area contributed by atoms with Gasteiger partial charge in [0.05, 0.1) is 17.9 Å². The van der Waals surface area contributed by atoms with Gasteiger partial charge in [-0.2, -0.15) is 8.42 Å². The molecule has 0 aliphatic carbocycles. The summed E-state index contributed by atoms with van der Waals surface area (Å²) in [5.41, 5.74) is 0. The van der Waals surface area contributed by atoms with Gasteiger partial charge in [-0.1, -0.05) is 105 Å². The summed E-state index contributed by atoms with van der Waals surface area (Å²) >= 11 is 0. The van der Waals surface area contributed by atoms with Gasteiger partial charge in [0.15, 0.2) is 0 Å². The first-order valence-electron chi connectivity index (χ1n) is 15.3.